The Bertz CT molecular complexity index is 5600. The van der Waals surface area contributed by atoms with Crippen molar-refractivity contribution in [2.75, 3.05) is 0 Å². The summed E-state index contributed by atoms with van der Waals surface area (Å²) in [6.07, 6.45) is 40.2. The molecule has 17 aliphatic carbocycles. The monoisotopic (exact) mass is 1760 g/mol. The van der Waals surface area contributed by atoms with Gasteiger partial charge in [-0.05, 0) is 365 Å². The van der Waals surface area contributed by atoms with E-state index in [4.69, 9.17) is 0 Å². The number of benzene rings is 13. The van der Waals surface area contributed by atoms with Gasteiger partial charge in [-0.25, -0.2) is 0 Å². The maximum absolute atomic E-state index is 2.52. The van der Waals surface area contributed by atoms with Crippen LogP contribution in [0.5, 0.6) is 0 Å². The van der Waals surface area contributed by atoms with Gasteiger partial charge in [0.1, 0.15) is 0 Å². The fourth-order valence-electron chi connectivity index (χ4n) is 36.9. The normalized spacial score (nSPS) is 35.1. The average molecular weight is 1760 g/mol. The van der Waals surface area contributed by atoms with Crippen LogP contribution in [0.15, 0.2) is 370 Å². The first-order chi connectivity index (χ1) is 64.8. The van der Waals surface area contributed by atoms with Crippen LogP contribution in [0.4, 0.5) is 0 Å². The van der Waals surface area contributed by atoms with E-state index < -0.39 is 0 Å². The fraction of sp³-hybridized carbons (Fsp3) is 0.418. The van der Waals surface area contributed by atoms with E-state index in [1.165, 1.54) is 215 Å². The number of hydrogen-bond donors (Lipinski definition) is 0. The van der Waals surface area contributed by atoms with Crippen LogP contribution in [0.2, 0.25) is 0 Å². The highest BCUT2D eigenvalue weighted by Gasteiger charge is 2.75. The van der Waals surface area contributed by atoms with Crippen molar-refractivity contribution in [3.8, 4) is 0 Å². The lowest BCUT2D eigenvalue weighted by atomic mass is 9.30. The first kappa shape index (κ1) is 87.9. The van der Waals surface area contributed by atoms with Gasteiger partial charge in [0, 0.05) is 0 Å². The van der Waals surface area contributed by atoms with E-state index in [0.717, 1.165) is 5.92 Å². The summed E-state index contributed by atoms with van der Waals surface area (Å²) >= 11 is 0. The Balaban J connectivity index is 0.000000101. The predicted molar refractivity (Wildman–Crippen MR) is 559 cm³/mol. The minimum absolute atomic E-state index is 0.170. The highest BCUT2D eigenvalue weighted by molar-refractivity contribution is 5.55. The van der Waals surface area contributed by atoms with Crippen molar-refractivity contribution in [3.05, 3.63) is 465 Å². The highest BCUT2D eigenvalue weighted by Crippen LogP contribution is 2.82. The third-order valence-corrected chi connectivity index (χ3v) is 40.3. The Morgan fingerprint density at radius 2 is 0.343 bits per heavy atom. The molecule has 0 unspecified atom stereocenters. The van der Waals surface area contributed by atoms with E-state index >= 15 is 0 Å². The van der Waals surface area contributed by atoms with Crippen molar-refractivity contribution in [2.45, 2.75) is 318 Å². The second-order valence-corrected chi connectivity index (χ2v) is 49.7. The lowest BCUT2D eigenvalue weighted by Gasteiger charge is -2.74. The second-order valence-electron chi connectivity index (χ2n) is 49.7. The van der Waals surface area contributed by atoms with Crippen LogP contribution in [-0.4, -0.2) is 0 Å². The van der Waals surface area contributed by atoms with Gasteiger partial charge in [-0.1, -0.05) is 446 Å². The molecule has 0 spiro atoms. The number of rotatable bonds is 15. The van der Waals surface area contributed by atoms with Crippen LogP contribution in [0.3, 0.4) is 0 Å². The highest BCUT2D eigenvalue weighted by atomic mass is 14.8. The largest absolute Gasteiger partial charge is 0.0649 e. The summed E-state index contributed by atoms with van der Waals surface area (Å²) in [5.41, 5.74) is 30.7. The zero-order chi connectivity index (χ0) is 91.2. The first-order valence-electron chi connectivity index (χ1n) is 52.6. The zero-order valence-electron chi connectivity index (χ0n) is 82.0. The van der Waals surface area contributed by atoms with E-state index in [2.05, 4.69) is 425 Å². The lowest BCUT2D eigenvalue weighted by Crippen LogP contribution is -2.68. The summed E-state index contributed by atoms with van der Waals surface area (Å²) in [5.74, 6) is 0.899. The Labute approximate surface area is 804 Å². The summed E-state index contributed by atoms with van der Waals surface area (Å²) in [5, 5.41) is 0. The predicted octanol–water partition coefficient (Wildman–Crippen LogP) is 33.9. The molecule has 682 valence electrons. The molecular formula is C134H146. The van der Waals surface area contributed by atoms with Gasteiger partial charge < -0.3 is 0 Å². The third-order valence-electron chi connectivity index (χ3n) is 40.3. The number of aryl methyl sites for hydroxylation is 4. The average Bonchev–Trinajstić information content (AvgIpc) is 0.672. The van der Waals surface area contributed by atoms with Crippen molar-refractivity contribution in [2.24, 2.45) is 27.6 Å². The molecular weight excluding hydrogens is 1610 g/mol. The molecule has 13 aromatic rings. The van der Waals surface area contributed by atoms with Gasteiger partial charge >= 0.3 is 0 Å². The molecule has 17 fully saturated rings. The van der Waals surface area contributed by atoms with Crippen LogP contribution in [0.1, 0.15) is 315 Å². The second kappa shape index (κ2) is 32.5. The summed E-state index contributed by atoms with van der Waals surface area (Å²) in [4.78, 5) is 0. The Morgan fingerprint density at radius 1 is 0.187 bits per heavy atom. The topological polar surface area (TPSA) is 0 Å². The summed E-state index contributed by atoms with van der Waals surface area (Å²) < 4.78 is 0. The summed E-state index contributed by atoms with van der Waals surface area (Å²) in [7, 11) is 0. The molecule has 30 rings (SSSR count). The van der Waals surface area contributed by atoms with Crippen molar-refractivity contribution in [3.63, 3.8) is 0 Å². The first-order valence-corrected chi connectivity index (χ1v) is 52.6. The van der Waals surface area contributed by atoms with Gasteiger partial charge in [0.25, 0.3) is 0 Å². The Hall–Kier alpha value is -10.1. The van der Waals surface area contributed by atoms with Crippen LogP contribution in [0, 0.1) is 55.3 Å². The lowest BCUT2D eigenvalue weighted by molar-refractivity contribution is -0.155. The fourth-order valence-corrected chi connectivity index (χ4v) is 36.9. The van der Waals surface area contributed by atoms with Gasteiger partial charge in [0.05, 0.1) is 0 Å². The molecule has 0 saturated heterocycles. The smallest absolute Gasteiger partial charge is 0.00215 e. The molecule has 16 bridgehead atoms. The van der Waals surface area contributed by atoms with Gasteiger partial charge in [-0.3, -0.25) is 0 Å². The van der Waals surface area contributed by atoms with Crippen molar-refractivity contribution in [1.29, 1.82) is 0 Å². The van der Waals surface area contributed by atoms with Gasteiger partial charge in [-0.2, -0.15) is 0 Å². The van der Waals surface area contributed by atoms with E-state index in [0.29, 0.717) is 32.5 Å². The van der Waals surface area contributed by atoms with Crippen LogP contribution >= 0.6 is 0 Å². The van der Waals surface area contributed by atoms with Gasteiger partial charge in [0.2, 0.25) is 0 Å². The van der Waals surface area contributed by atoms with Crippen LogP contribution in [0.25, 0.3) is 0 Å². The minimum atomic E-state index is 0.170. The van der Waals surface area contributed by atoms with E-state index in [1.54, 1.807) is 72.3 Å². The molecule has 134 heavy (non-hydrogen) atoms. The Morgan fingerprint density at radius 3 is 0.515 bits per heavy atom. The molecule has 0 radical (unpaired) electrons. The zero-order valence-corrected chi connectivity index (χ0v) is 82.0. The van der Waals surface area contributed by atoms with E-state index in [1.807, 2.05) is 0 Å². The molecule has 0 atom stereocenters. The Kier molecular flexibility index (Phi) is 21.3. The standard InChI is InChI=1S/C38H40.C34H38.C32H36.C30H32/c1-27-5-13-31(14-6-27)35-21-36(32-15-7-28(2)8-16-32)24-37(22-35,33-17-9-29(3)10-18-33)26-38(23-35,25-36)34-19-11-30(4)12-20-34;1-5-13-27(14-6-1)31-21-32(28-15-7-2-8-16-28)24-33(22-31,29-17-9-3-10-18-29)26-34(23-31,25-32)30-19-11-4-12-20-30;1-28(2,3)32-22-29(25-13-7-4-8-14-25)19-30(23-32,26-15-9-5-10-16-26)21-31(20-29,24-32)27-17-11-6-12-18-27;1-2-27-18-28(24-12-6-3-7-13-24)21-29(19-27,25-14-8-4-9-15-25)23-30(20-27,22-28)26-16-10-5-11-17-26/h5-20H,21-26H2,1-4H3;1-3,5-10,13-18,30H,4,11-12,19-26H2;4-18H,19-24H2,1-3H3;3-17H,2,18-23H2,1H3. The van der Waals surface area contributed by atoms with E-state index in [9.17, 15) is 0 Å². The molecule has 0 amide bonds. The van der Waals surface area contributed by atoms with Gasteiger partial charge in [-0.15, -0.1) is 0 Å². The van der Waals surface area contributed by atoms with Crippen LogP contribution < -0.4 is 0 Å². The van der Waals surface area contributed by atoms with Gasteiger partial charge in [0.15, 0.2) is 0 Å². The molecule has 0 aromatic heterocycles. The molecule has 17 aliphatic rings. The molecule has 0 aliphatic heterocycles. The summed E-state index contributed by atoms with van der Waals surface area (Å²) in [6.45, 7) is 18.9. The molecule has 0 heterocycles. The number of hydrogen-bond acceptors (Lipinski definition) is 0. The SMILES string of the molecule is CC(C)(C)C12CC3(c4ccccc4)CC(c4ccccc4)(CC(c4ccccc4)(C3)C1)C2.CCC12CC3(c4ccccc4)CC(c4ccccc4)(C1)CC(c1ccccc1)(C2)C3.Cc1ccc(C23CC4(c5ccc(C)cc5)CC(c5ccc(C)cc5)(C2)CC(c2ccc(C)cc2)(C3)C4)cc1.c1ccc(C23CC4(c5ccccc5)CC(c5ccccc5)(C2)CC(C2CCCCC2)(C3)C4)cc1. The van der Waals surface area contributed by atoms with E-state index in [-0.39, 0.29) is 59.6 Å². The molecule has 17 saturated carbocycles. The minimum Gasteiger partial charge on any atom is -0.0649 e. The van der Waals surface area contributed by atoms with Crippen molar-refractivity contribution in [1.82, 2.24) is 0 Å². The maximum atomic E-state index is 2.52. The summed E-state index contributed by atoms with van der Waals surface area (Å²) in [6, 6.07) is 143. The molecule has 0 nitrogen and oxygen atoms in total. The molecule has 0 heteroatoms. The molecule has 0 N–H and O–H groups in total. The van der Waals surface area contributed by atoms with Crippen molar-refractivity contribution >= 4 is 0 Å². The van der Waals surface area contributed by atoms with Crippen molar-refractivity contribution < 1.29 is 0 Å². The quantitative estimate of drug-likeness (QED) is 0.0960. The molecule has 13 aromatic carbocycles. The third kappa shape index (κ3) is 14.5. The maximum Gasteiger partial charge on any atom is -0.00215 e. The van der Waals surface area contributed by atoms with Crippen LogP contribution in [-0.2, 0) is 70.4 Å².